The molecule has 2 aromatic rings. The predicted molar refractivity (Wildman–Crippen MR) is 136 cm³/mol. The average Bonchev–Trinajstić information content (AvgIpc) is 3.08. The van der Waals surface area contributed by atoms with E-state index < -0.39 is 17.6 Å². The summed E-state index contributed by atoms with van der Waals surface area (Å²) < 4.78 is 10.4. The molecule has 2 aromatic carbocycles. The Bertz CT molecular complexity index is 1270. The smallest absolute Gasteiger partial charge is 0.344 e. The Morgan fingerprint density at radius 2 is 1.85 bits per heavy atom. The minimum Gasteiger partial charge on any atom is -0.506 e. The van der Waals surface area contributed by atoms with Crippen LogP contribution in [0.3, 0.4) is 0 Å². The third kappa shape index (κ3) is 5.78. The van der Waals surface area contributed by atoms with Crippen molar-refractivity contribution < 1.29 is 24.2 Å². The van der Waals surface area contributed by atoms with Crippen LogP contribution in [0.5, 0.6) is 5.75 Å². The molecule has 1 N–H and O–H groups in total. The number of aliphatic hydroxyl groups is 1. The van der Waals surface area contributed by atoms with Gasteiger partial charge in [0.15, 0.2) is 5.75 Å². The second-order valence-electron chi connectivity index (χ2n) is 6.56. The minimum atomic E-state index is -0.823. The van der Waals surface area contributed by atoms with E-state index in [1.807, 2.05) is 0 Å². The van der Waals surface area contributed by atoms with Gasteiger partial charge < -0.3 is 14.6 Å². The molecule has 10 heteroatoms. The number of halogens is 3. The molecule has 1 aliphatic rings. The monoisotopic (exact) mass is 535 g/mol. The van der Waals surface area contributed by atoms with Crippen molar-refractivity contribution >= 4 is 69.6 Å². The second-order valence-corrected chi connectivity index (χ2v) is 8.82. The molecule has 1 heterocycles. The summed E-state index contributed by atoms with van der Waals surface area (Å²) in [6, 6.07) is 9.46. The number of carbonyl (C=O) groups excluding carboxylic acids is 2. The topological polar surface area (TPSA) is 85.2 Å². The molecule has 0 aliphatic carbocycles. The Morgan fingerprint density at radius 3 is 2.47 bits per heavy atom. The van der Waals surface area contributed by atoms with Gasteiger partial charge in [0.05, 0.1) is 32.1 Å². The molecule has 34 heavy (non-hydrogen) atoms. The molecular formula is C24H16Cl3NO5S. The largest absolute Gasteiger partial charge is 0.506 e. The van der Waals surface area contributed by atoms with Crippen LogP contribution < -0.4 is 4.74 Å². The van der Waals surface area contributed by atoms with Gasteiger partial charge in [-0.3, -0.25) is 4.79 Å². The lowest BCUT2D eigenvalue weighted by molar-refractivity contribution is -0.138. The number of rotatable bonds is 6. The zero-order valence-corrected chi connectivity index (χ0v) is 20.7. The van der Waals surface area contributed by atoms with Crippen LogP contribution in [0.4, 0.5) is 0 Å². The summed E-state index contributed by atoms with van der Waals surface area (Å²) in [5, 5.41) is 11.4. The zero-order valence-electron chi connectivity index (χ0n) is 17.6. The summed E-state index contributed by atoms with van der Waals surface area (Å²) in [5.74, 6) is 0.655. The molecular weight excluding hydrogens is 521 g/mol. The van der Waals surface area contributed by atoms with Crippen molar-refractivity contribution in [1.29, 1.82) is 0 Å². The van der Waals surface area contributed by atoms with E-state index in [1.54, 1.807) is 37.3 Å². The first-order chi connectivity index (χ1) is 16.3. The van der Waals surface area contributed by atoms with Crippen LogP contribution >= 0.6 is 46.6 Å². The molecule has 0 unspecified atom stereocenters. The van der Waals surface area contributed by atoms with Crippen LogP contribution in [0.15, 0.2) is 57.6 Å². The number of thioether (sulfide) groups is 1. The minimum absolute atomic E-state index is 0.0125. The van der Waals surface area contributed by atoms with E-state index in [1.165, 1.54) is 12.1 Å². The van der Waals surface area contributed by atoms with Crippen molar-refractivity contribution in [3.63, 3.8) is 0 Å². The standard InChI is InChI=1S/C24H16Cl3NO5S/c1-3-9-33-21-16(26)10-13(11-17(21)27)12-18-20(29)19(24(31)32-4-2)23(34-18)28-22(30)14-7-5-6-8-15(14)25/h1,5-8,10-12,29H,4,9H2,2H3/b18-12-,28-23?. The van der Waals surface area contributed by atoms with Gasteiger partial charge in [-0.1, -0.05) is 64.6 Å². The fourth-order valence-electron chi connectivity index (χ4n) is 2.84. The molecule has 0 radical (unpaired) electrons. The molecule has 0 saturated carbocycles. The van der Waals surface area contributed by atoms with Crippen molar-refractivity contribution in [2.75, 3.05) is 13.2 Å². The number of hydrogen-bond acceptors (Lipinski definition) is 6. The molecule has 0 atom stereocenters. The highest BCUT2D eigenvalue weighted by Gasteiger charge is 2.34. The summed E-state index contributed by atoms with van der Waals surface area (Å²) in [4.78, 5) is 29.5. The predicted octanol–water partition coefficient (Wildman–Crippen LogP) is 6.36. The van der Waals surface area contributed by atoms with Gasteiger partial charge in [0.25, 0.3) is 5.91 Å². The van der Waals surface area contributed by atoms with E-state index >= 15 is 0 Å². The molecule has 6 nitrogen and oxygen atoms in total. The van der Waals surface area contributed by atoms with Gasteiger partial charge in [0, 0.05) is 0 Å². The Morgan fingerprint density at radius 1 is 1.18 bits per heavy atom. The number of amides is 1. The van der Waals surface area contributed by atoms with Crippen LogP contribution in [-0.2, 0) is 9.53 Å². The Hall–Kier alpha value is -2.89. The lowest BCUT2D eigenvalue weighted by Crippen LogP contribution is -2.14. The van der Waals surface area contributed by atoms with Gasteiger partial charge in [-0.25, -0.2) is 9.79 Å². The van der Waals surface area contributed by atoms with E-state index in [-0.39, 0.29) is 55.1 Å². The van der Waals surface area contributed by atoms with Crippen molar-refractivity contribution in [3.05, 3.63) is 78.8 Å². The number of esters is 1. The lowest BCUT2D eigenvalue weighted by Gasteiger charge is -2.09. The summed E-state index contributed by atoms with van der Waals surface area (Å²) in [5.41, 5.74) is 0.419. The summed E-state index contributed by atoms with van der Waals surface area (Å²) >= 11 is 19.5. The van der Waals surface area contributed by atoms with Gasteiger partial charge in [-0.05, 0) is 42.8 Å². The third-order valence-corrected chi connectivity index (χ3v) is 6.21. The quantitative estimate of drug-likeness (QED) is 0.341. The molecule has 0 fully saturated rings. The van der Waals surface area contributed by atoms with Crippen molar-refractivity contribution in [3.8, 4) is 18.1 Å². The number of aliphatic hydroxyl groups excluding tert-OH is 1. The van der Waals surface area contributed by atoms with Crippen molar-refractivity contribution in [2.45, 2.75) is 6.92 Å². The number of terminal acetylenes is 1. The first-order valence-corrected chi connectivity index (χ1v) is 11.6. The molecule has 0 aromatic heterocycles. The maximum absolute atomic E-state index is 12.7. The van der Waals surface area contributed by atoms with E-state index in [4.69, 9.17) is 50.7 Å². The third-order valence-electron chi connectivity index (χ3n) is 4.30. The van der Waals surface area contributed by atoms with Gasteiger partial charge in [-0.2, -0.15) is 0 Å². The van der Waals surface area contributed by atoms with E-state index in [2.05, 4.69) is 10.9 Å². The molecule has 0 bridgehead atoms. The molecule has 1 aliphatic heterocycles. The van der Waals surface area contributed by atoms with Gasteiger partial charge in [0.2, 0.25) is 0 Å². The fourth-order valence-corrected chi connectivity index (χ4v) is 4.69. The summed E-state index contributed by atoms with van der Waals surface area (Å²) in [7, 11) is 0. The number of carbonyl (C=O) groups is 2. The molecule has 0 saturated heterocycles. The SMILES string of the molecule is C#CCOc1c(Cl)cc(/C=C2\SC(=NC(=O)c3ccccc3Cl)C(C(=O)OCC)=C2O)cc1Cl. The highest BCUT2D eigenvalue weighted by molar-refractivity contribution is 8.18. The van der Waals surface area contributed by atoms with E-state index in [0.717, 1.165) is 11.8 Å². The van der Waals surface area contributed by atoms with Gasteiger partial charge in [-0.15, -0.1) is 6.42 Å². The Balaban J connectivity index is 2.03. The summed E-state index contributed by atoms with van der Waals surface area (Å²) in [6.45, 7) is 1.67. The molecule has 0 spiro atoms. The highest BCUT2D eigenvalue weighted by atomic mass is 35.5. The summed E-state index contributed by atoms with van der Waals surface area (Å²) in [6.07, 6.45) is 6.73. The number of hydrogen-bond donors (Lipinski definition) is 1. The van der Waals surface area contributed by atoms with Gasteiger partial charge in [0.1, 0.15) is 23.0 Å². The normalized spacial score (nSPS) is 15.5. The second kappa shape index (κ2) is 11.5. The first kappa shape index (κ1) is 25.7. The van der Waals surface area contributed by atoms with Gasteiger partial charge >= 0.3 is 5.97 Å². The number of nitrogens with zero attached hydrogens (tertiary/aromatic N) is 1. The maximum atomic E-state index is 12.7. The highest BCUT2D eigenvalue weighted by Crippen LogP contribution is 2.41. The Labute approximate surface area is 215 Å². The maximum Gasteiger partial charge on any atom is 0.344 e. The number of benzene rings is 2. The Kier molecular flexibility index (Phi) is 8.70. The zero-order chi connectivity index (χ0) is 24.8. The molecule has 174 valence electrons. The number of ether oxygens (including phenoxy) is 2. The van der Waals surface area contributed by atoms with Crippen LogP contribution in [-0.4, -0.2) is 35.2 Å². The molecule has 1 amide bonds. The fraction of sp³-hybridized carbons (Fsp3) is 0.125. The van der Waals surface area contributed by atoms with Crippen LogP contribution in [0.25, 0.3) is 6.08 Å². The first-order valence-electron chi connectivity index (χ1n) is 9.70. The van der Waals surface area contributed by atoms with Crippen molar-refractivity contribution in [2.24, 2.45) is 4.99 Å². The van der Waals surface area contributed by atoms with E-state index in [0.29, 0.717) is 5.56 Å². The van der Waals surface area contributed by atoms with Crippen LogP contribution in [0.1, 0.15) is 22.8 Å². The van der Waals surface area contributed by atoms with Crippen LogP contribution in [0, 0.1) is 12.3 Å². The lowest BCUT2D eigenvalue weighted by atomic mass is 10.1. The van der Waals surface area contributed by atoms with Crippen molar-refractivity contribution in [1.82, 2.24) is 0 Å². The average molecular weight is 537 g/mol. The molecule has 3 rings (SSSR count). The van der Waals surface area contributed by atoms with E-state index in [9.17, 15) is 14.7 Å². The van der Waals surface area contributed by atoms with Crippen LogP contribution in [0.2, 0.25) is 15.1 Å². The number of aliphatic imine (C=N–C) groups is 1.